The smallest absolute Gasteiger partial charge is 0.269 e. The van der Waals surface area contributed by atoms with Crippen molar-refractivity contribution in [3.63, 3.8) is 0 Å². The van der Waals surface area contributed by atoms with Crippen molar-refractivity contribution in [2.45, 2.75) is 92.1 Å². The Morgan fingerprint density at radius 1 is 0.605 bits per heavy atom. The van der Waals surface area contributed by atoms with Crippen LogP contribution in [0.5, 0.6) is 5.75 Å². The van der Waals surface area contributed by atoms with Crippen LogP contribution >= 0.6 is 0 Å². The van der Waals surface area contributed by atoms with Gasteiger partial charge in [0.25, 0.3) is 5.69 Å². The molecule has 1 aromatic carbocycles. The van der Waals surface area contributed by atoms with Crippen LogP contribution in [0.1, 0.15) is 0 Å². The standard InChI is InChI=1S/C24H35NO18/c26-5-10-13(29)14(30)17(33)23(39-10)42-21-12(7-28)41-24(19(35)16(21)32)43-20-11(6-27)40-22(18(34)15(20)31)38-9-3-1-8(2-4-9)25(36)37/h1-4,10-24,26-35H,5-7H2/t10-,11-,12-,13+,14+,15-,16-,17-,18-,19-,20-,21-,22-,23+,24+/m1/s1. The number of aliphatic hydroxyl groups excluding tert-OH is 10. The van der Waals surface area contributed by atoms with E-state index in [4.69, 9.17) is 28.4 Å². The molecule has 244 valence electrons. The summed E-state index contributed by atoms with van der Waals surface area (Å²) in [4.78, 5) is 10.2. The zero-order valence-corrected chi connectivity index (χ0v) is 22.3. The summed E-state index contributed by atoms with van der Waals surface area (Å²) in [6.45, 7) is -2.42. The molecular weight excluding hydrogens is 590 g/mol. The molecule has 0 bridgehead atoms. The highest BCUT2D eigenvalue weighted by atomic mass is 16.8. The first-order chi connectivity index (χ1) is 20.4. The zero-order chi connectivity index (χ0) is 31.6. The van der Waals surface area contributed by atoms with Gasteiger partial charge in [-0.3, -0.25) is 10.1 Å². The fourth-order valence-corrected chi connectivity index (χ4v) is 4.92. The zero-order valence-electron chi connectivity index (χ0n) is 22.3. The largest absolute Gasteiger partial charge is 0.462 e. The Kier molecular flexibility index (Phi) is 11.2. The second-order valence-corrected chi connectivity index (χ2v) is 10.2. The lowest BCUT2D eigenvalue weighted by atomic mass is 9.96. The van der Waals surface area contributed by atoms with Gasteiger partial charge in [-0.15, -0.1) is 0 Å². The van der Waals surface area contributed by atoms with Crippen molar-refractivity contribution in [1.82, 2.24) is 0 Å². The third-order valence-corrected chi connectivity index (χ3v) is 7.37. The predicted octanol–water partition coefficient (Wildman–Crippen LogP) is -5.58. The van der Waals surface area contributed by atoms with E-state index in [1.807, 2.05) is 0 Å². The van der Waals surface area contributed by atoms with Crippen molar-refractivity contribution in [2.24, 2.45) is 0 Å². The number of benzene rings is 1. The van der Waals surface area contributed by atoms with E-state index < -0.39 is 117 Å². The molecule has 3 fully saturated rings. The van der Waals surface area contributed by atoms with E-state index in [0.29, 0.717) is 0 Å². The Hall–Kier alpha value is -2.18. The Balaban J connectivity index is 1.42. The highest BCUT2D eigenvalue weighted by Crippen LogP contribution is 2.33. The molecule has 0 unspecified atom stereocenters. The minimum absolute atomic E-state index is 0.0308. The fourth-order valence-electron chi connectivity index (χ4n) is 4.92. The topological polar surface area (TPSA) is 301 Å². The molecule has 19 nitrogen and oxygen atoms in total. The van der Waals surface area contributed by atoms with Gasteiger partial charge in [0, 0.05) is 12.1 Å². The maximum Gasteiger partial charge on any atom is 0.269 e. The molecule has 0 spiro atoms. The Morgan fingerprint density at radius 2 is 1.02 bits per heavy atom. The monoisotopic (exact) mass is 625 g/mol. The Morgan fingerprint density at radius 3 is 1.49 bits per heavy atom. The molecule has 10 N–H and O–H groups in total. The Bertz CT molecular complexity index is 1040. The van der Waals surface area contributed by atoms with E-state index in [1.54, 1.807) is 0 Å². The first-order valence-corrected chi connectivity index (χ1v) is 13.2. The lowest BCUT2D eigenvalue weighted by Crippen LogP contribution is -2.66. The van der Waals surface area contributed by atoms with Crippen LogP contribution in [0.4, 0.5) is 5.69 Å². The average Bonchev–Trinajstić information content (AvgIpc) is 3.00. The number of ether oxygens (including phenoxy) is 6. The molecule has 0 saturated carbocycles. The molecule has 4 rings (SSSR count). The number of non-ortho nitro benzene ring substituents is 1. The molecule has 0 aliphatic carbocycles. The van der Waals surface area contributed by atoms with Crippen molar-refractivity contribution < 1.29 is 84.4 Å². The fraction of sp³-hybridized carbons (Fsp3) is 0.750. The van der Waals surface area contributed by atoms with E-state index >= 15 is 0 Å². The Labute approximate surface area is 242 Å². The maximum atomic E-state index is 10.8. The summed E-state index contributed by atoms with van der Waals surface area (Å²) in [5.74, 6) is 0.0308. The number of hydrogen-bond acceptors (Lipinski definition) is 18. The third-order valence-electron chi connectivity index (χ3n) is 7.37. The molecule has 3 heterocycles. The second kappa shape index (κ2) is 14.3. The minimum Gasteiger partial charge on any atom is -0.462 e. The number of aliphatic hydroxyl groups is 10. The van der Waals surface area contributed by atoms with Crippen molar-refractivity contribution >= 4 is 5.69 Å². The molecule has 3 aliphatic heterocycles. The van der Waals surface area contributed by atoms with Gasteiger partial charge in [-0.05, 0) is 12.1 Å². The van der Waals surface area contributed by atoms with Crippen LogP contribution in [0.15, 0.2) is 24.3 Å². The van der Waals surface area contributed by atoms with Gasteiger partial charge in [0.1, 0.15) is 79.0 Å². The summed E-state index contributed by atoms with van der Waals surface area (Å²) < 4.78 is 32.8. The number of nitro benzene ring substituents is 1. The number of hydrogen-bond donors (Lipinski definition) is 10. The molecule has 0 aromatic heterocycles. The first kappa shape index (κ1) is 33.7. The summed E-state index contributed by atoms with van der Waals surface area (Å²) in [6, 6.07) is 4.72. The van der Waals surface area contributed by atoms with Crippen LogP contribution in [0.25, 0.3) is 0 Å². The first-order valence-electron chi connectivity index (χ1n) is 13.2. The van der Waals surface area contributed by atoms with Gasteiger partial charge in [-0.2, -0.15) is 0 Å². The van der Waals surface area contributed by atoms with Crippen LogP contribution in [0.3, 0.4) is 0 Å². The van der Waals surface area contributed by atoms with Gasteiger partial charge < -0.3 is 79.5 Å². The van der Waals surface area contributed by atoms with E-state index in [1.165, 1.54) is 12.1 Å². The molecular formula is C24H35NO18. The lowest BCUT2D eigenvalue weighted by Gasteiger charge is -2.48. The molecule has 0 amide bonds. The molecule has 3 aliphatic rings. The van der Waals surface area contributed by atoms with Crippen LogP contribution in [-0.4, -0.2) is 168 Å². The molecule has 1 aromatic rings. The van der Waals surface area contributed by atoms with E-state index in [-0.39, 0.29) is 11.4 Å². The predicted molar refractivity (Wildman–Crippen MR) is 133 cm³/mol. The lowest BCUT2D eigenvalue weighted by molar-refractivity contribution is -0.384. The van der Waals surface area contributed by atoms with Gasteiger partial charge in [0.15, 0.2) is 12.6 Å². The van der Waals surface area contributed by atoms with Gasteiger partial charge in [-0.25, -0.2) is 0 Å². The molecule has 15 atom stereocenters. The summed E-state index contributed by atoms with van der Waals surface area (Å²) in [6.07, 6.45) is -25.4. The van der Waals surface area contributed by atoms with Crippen molar-refractivity contribution in [2.75, 3.05) is 19.8 Å². The van der Waals surface area contributed by atoms with Crippen molar-refractivity contribution in [1.29, 1.82) is 0 Å². The summed E-state index contributed by atoms with van der Waals surface area (Å²) in [5.41, 5.74) is -0.227. The van der Waals surface area contributed by atoms with Gasteiger partial charge >= 0.3 is 0 Å². The van der Waals surface area contributed by atoms with Crippen molar-refractivity contribution in [3.8, 4) is 5.75 Å². The molecule has 3 saturated heterocycles. The van der Waals surface area contributed by atoms with Crippen molar-refractivity contribution in [3.05, 3.63) is 34.4 Å². The van der Waals surface area contributed by atoms with Gasteiger partial charge in [0.05, 0.1) is 24.7 Å². The number of nitro groups is 1. The third kappa shape index (κ3) is 7.06. The maximum absolute atomic E-state index is 10.8. The average molecular weight is 626 g/mol. The molecule has 19 heteroatoms. The van der Waals surface area contributed by atoms with E-state index in [9.17, 15) is 61.2 Å². The van der Waals surface area contributed by atoms with Gasteiger partial charge in [-0.1, -0.05) is 0 Å². The summed E-state index contributed by atoms with van der Waals surface area (Å²) in [5, 5.41) is 113. The summed E-state index contributed by atoms with van der Waals surface area (Å²) in [7, 11) is 0. The van der Waals surface area contributed by atoms with Crippen LogP contribution < -0.4 is 4.74 Å². The minimum atomic E-state index is -1.96. The van der Waals surface area contributed by atoms with Crippen LogP contribution in [-0.2, 0) is 23.7 Å². The SMILES string of the molecule is O=[N+]([O-])c1ccc(O[C@@H]2O[C@H](CO)[C@@H](O[C@@H]3O[C@H](CO)[C@@H](O[C@@H]4O[C@H](CO)[C@H](O)[C@H](O)[C@H]4O)[C@H](O)[C@H]3O)[C@H](O)[C@H]2O)cc1. The van der Waals surface area contributed by atoms with E-state index in [2.05, 4.69) is 0 Å². The van der Waals surface area contributed by atoms with E-state index in [0.717, 1.165) is 12.1 Å². The number of nitrogens with zero attached hydrogens (tertiary/aromatic N) is 1. The molecule has 43 heavy (non-hydrogen) atoms. The normalized spacial score (nSPS) is 43.7. The molecule has 0 radical (unpaired) electrons. The van der Waals surface area contributed by atoms with Crippen LogP contribution in [0, 0.1) is 10.1 Å². The highest BCUT2D eigenvalue weighted by molar-refractivity contribution is 5.36. The van der Waals surface area contributed by atoms with Crippen LogP contribution in [0.2, 0.25) is 0 Å². The number of rotatable bonds is 10. The summed E-state index contributed by atoms with van der Waals surface area (Å²) >= 11 is 0. The highest BCUT2D eigenvalue weighted by Gasteiger charge is 2.53. The quantitative estimate of drug-likeness (QED) is 0.0856. The van der Waals surface area contributed by atoms with Gasteiger partial charge in [0.2, 0.25) is 6.29 Å². The second-order valence-electron chi connectivity index (χ2n) is 10.2.